The van der Waals surface area contributed by atoms with Crippen LogP contribution in [0, 0.1) is 5.92 Å². The zero-order chi connectivity index (χ0) is 26.4. The normalized spacial score (nSPS) is 25.2. The Balaban J connectivity index is 1.39. The van der Waals surface area contributed by atoms with Gasteiger partial charge in [-0.15, -0.1) is 0 Å². The van der Waals surface area contributed by atoms with Gasteiger partial charge in [0.25, 0.3) is 5.56 Å². The third-order valence-corrected chi connectivity index (χ3v) is 8.44. The van der Waals surface area contributed by atoms with Gasteiger partial charge in [0.2, 0.25) is 11.9 Å². The molecule has 3 aromatic rings. The van der Waals surface area contributed by atoms with Crippen LogP contribution in [0.25, 0.3) is 11.2 Å². The second-order valence-electron chi connectivity index (χ2n) is 11.0. The van der Waals surface area contributed by atoms with E-state index in [-0.39, 0.29) is 24.5 Å². The third kappa shape index (κ3) is 4.54. The van der Waals surface area contributed by atoms with Gasteiger partial charge < -0.3 is 20.9 Å². The average Bonchev–Trinajstić information content (AvgIpc) is 3.30. The van der Waals surface area contributed by atoms with E-state index in [4.69, 9.17) is 10.7 Å². The molecule has 202 valence electrons. The molecule has 1 aromatic carbocycles. The number of anilines is 1. The van der Waals surface area contributed by atoms with Crippen LogP contribution in [0.15, 0.2) is 39.9 Å². The molecule has 4 aliphatic heterocycles. The Hall–Kier alpha value is -3.44. The Morgan fingerprint density at radius 2 is 1.82 bits per heavy atom. The largest absolute Gasteiger partial charge is 0.350 e. The minimum atomic E-state index is -0.544. The summed E-state index contributed by atoms with van der Waals surface area (Å²) in [5.74, 6) is 0.774. The summed E-state index contributed by atoms with van der Waals surface area (Å²) in [6, 6.07) is 9.94. The van der Waals surface area contributed by atoms with Crippen LogP contribution in [0.3, 0.4) is 0 Å². The first-order valence-electron chi connectivity index (χ1n) is 13.7. The van der Waals surface area contributed by atoms with Crippen LogP contribution in [0.1, 0.15) is 31.2 Å². The fourth-order valence-corrected chi connectivity index (χ4v) is 6.37. The van der Waals surface area contributed by atoms with Crippen molar-refractivity contribution in [3.05, 3.63) is 56.7 Å². The number of hydrogen-bond acceptors (Lipinski definition) is 7. The number of nitrogens with two attached hydrogens (primary N) is 1. The molecule has 0 spiro atoms. The van der Waals surface area contributed by atoms with Crippen molar-refractivity contribution in [2.24, 2.45) is 18.7 Å². The van der Waals surface area contributed by atoms with Crippen LogP contribution >= 0.6 is 0 Å². The second kappa shape index (κ2) is 10.0. The highest BCUT2D eigenvalue weighted by atomic mass is 16.2. The molecule has 7 rings (SSSR count). The van der Waals surface area contributed by atoms with Gasteiger partial charge in [-0.3, -0.25) is 18.7 Å². The van der Waals surface area contributed by atoms with Gasteiger partial charge in [0, 0.05) is 38.8 Å². The smallest absolute Gasteiger partial charge is 0.332 e. The standard InChI is InChI=1S/C27H36N8O3/c1-31-24-23(25(37)35(27(31)38)17-22(36)29-21-16-32-12-9-19(21)10-13-32)34(14-18-6-3-2-4-7-18)26(30-24)33-11-5-8-20(28)15-33/h2-4,6-7,19-21H,5,8-17,28H2,1H3,(H,29,36)/t20-,21?/m1/s1. The van der Waals surface area contributed by atoms with Crippen LogP contribution in [-0.2, 0) is 24.9 Å². The summed E-state index contributed by atoms with van der Waals surface area (Å²) in [5.41, 5.74) is 6.88. The molecule has 4 saturated heterocycles. The van der Waals surface area contributed by atoms with Gasteiger partial charge in [0.15, 0.2) is 11.2 Å². The molecule has 0 radical (unpaired) electrons. The molecule has 3 N–H and O–H groups in total. The molecule has 11 nitrogen and oxygen atoms in total. The minimum Gasteiger partial charge on any atom is -0.350 e. The maximum atomic E-state index is 13.9. The number of aromatic nitrogens is 4. The molecule has 2 aromatic heterocycles. The minimum absolute atomic E-state index is 0.0179. The summed E-state index contributed by atoms with van der Waals surface area (Å²) in [4.78, 5) is 49.6. The van der Waals surface area contributed by atoms with Crippen LogP contribution < -0.4 is 27.2 Å². The molecule has 2 atom stereocenters. The number of benzene rings is 1. The Morgan fingerprint density at radius 1 is 1.05 bits per heavy atom. The Morgan fingerprint density at radius 3 is 2.50 bits per heavy atom. The van der Waals surface area contributed by atoms with Crippen LogP contribution in [0.4, 0.5) is 5.95 Å². The van der Waals surface area contributed by atoms with Gasteiger partial charge in [-0.2, -0.15) is 4.98 Å². The van der Waals surface area contributed by atoms with Crippen LogP contribution in [0.2, 0.25) is 0 Å². The number of carbonyl (C=O) groups is 1. The lowest BCUT2D eigenvalue weighted by Crippen LogP contribution is -2.58. The number of nitrogens with zero attached hydrogens (tertiary/aromatic N) is 6. The van der Waals surface area contributed by atoms with E-state index in [0.29, 0.717) is 36.1 Å². The first-order valence-corrected chi connectivity index (χ1v) is 13.7. The van der Waals surface area contributed by atoms with E-state index in [2.05, 4.69) is 15.1 Å². The molecule has 38 heavy (non-hydrogen) atoms. The topological polar surface area (TPSA) is 123 Å². The predicted molar refractivity (Wildman–Crippen MR) is 145 cm³/mol. The maximum Gasteiger partial charge on any atom is 0.332 e. The summed E-state index contributed by atoms with van der Waals surface area (Å²) < 4.78 is 4.31. The monoisotopic (exact) mass is 520 g/mol. The van der Waals surface area contributed by atoms with E-state index in [1.54, 1.807) is 7.05 Å². The van der Waals surface area contributed by atoms with Crippen molar-refractivity contribution in [2.45, 2.75) is 50.9 Å². The first kappa shape index (κ1) is 24.9. The van der Waals surface area contributed by atoms with E-state index in [0.717, 1.165) is 62.0 Å². The summed E-state index contributed by atoms with van der Waals surface area (Å²) in [7, 11) is 1.61. The van der Waals surface area contributed by atoms with Crippen molar-refractivity contribution in [3.8, 4) is 0 Å². The zero-order valence-electron chi connectivity index (χ0n) is 21.9. The lowest BCUT2D eigenvalue weighted by atomic mass is 9.84. The highest BCUT2D eigenvalue weighted by Gasteiger charge is 2.35. The molecule has 0 aliphatic carbocycles. The van der Waals surface area contributed by atoms with Crippen molar-refractivity contribution in [1.29, 1.82) is 0 Å². The number of rotatable bonds is 6. The molecule has 0 saturated carbocycles. The zero-order valence-corrected chi connectivity index (χ0v) is 21.9. The predicted octanol–water partition coefficient (Wildman–Crippen LogP) is 0.0829. The molecule has 4 fully saturated rings. The molecule has 1 amide bonds. The summed E-state index contributed by atoms with van der Waals surface area (Å²) >= 11 is 0. The maximum absolute atomic E-state index is 13.9. The van der Waals surface area contributed by atoms with E-state index >= 15 is 0 Å². The Labute approximate surface area is 220 Å². The third-order valence-electron chi connectivity index (χ3n) is 8.44. The number of aryl methyl sites for hydroxylation is 1. The fraction of sp³-hybridized carbons (Fsp3) is 0.556. The SMILES string of the molecule is Cn1c(=O)n(CC(=O)NC2CN3CCC2CC3)c(=O)c2c1nc(N1CCC[C@@H](N)C1)n2Cc1ccccc1. The fourth-order valence-electron chi connectivity index (χ4n) is 6.37. The van der Waals surface area contributed by atoms with Gasteiger partial charge in [0.1, 0.15) is 6.54 Å². The number of fused-ring (bicyclic) bond motifs is 4. The Kier molecular flexibility index (Phi) is 6.56. The van der Waals surface area contributed by atoms with E-state index in [1.165, 1.54) is 4.57 Å². The van der Waals surface area contributed by atoms with Crippen LogP contribution in [-0.4, -0.2) is 74.3 Å². The number of piperidine rings is 4. The van der Waals surface area contributed by atoms with Gasteiger partial charge in [-0.25, -0.2) is 9.36 Å². The van der Waals surface area contributed by atoms with E-state index in [1.807, 2.05) is 34.9 Å². The molecule has 4 aliphatic rings. The molecule has 6 heterocycles. The number of imidazole rings is 1. The lowest BCUT2D eigenvalue weighted by Gasteiger charge is -2.44. The Bertz CT molecular complexity index is 1450. The summed E-state index contributed by atoms with van der Waals surface area (Å²) in [6.45, 7) is 4.47. The van der Waals surface area contributed by atoms with E-state index < -0.39 is 11.2 Å². The molecule has 1 unspecified atom stereocenters. The van der Waals surface area contributed by atoms with Crippen molar-refractivity contribution in [1.82, 2.24) is 28.9 Å². The van der Waals surface area contributed by atoms with Crippen molar-refractivity contribution in [2.75, 3.05) is 37.6 Å². The number of nitrogens with one attached hydrogen (secondary N) is 1. The van der Waals surface area contributed by atoms with Gasteiger partial charge in [0.05, 0.1) is 6.54 Å². The highest BCUT2D eigenvalue weighted by molar-refractivity contribution is 5.78. The molecular weight excluding hydrogens is 484 g/mol. The van der Waals surface area contributed by atoms with Gasteiger partial charge in [-0.1, -0.05) is 30.3 Å². The molecular formula is C27H36N8O3. The summed E-state index contributed by atoms with van der Waals surface area (Å²) in [5, 5.41) is 3.10. The average molecular weight is 521 g/mol. The van der Waals surface area contributed by atoms with Crippen molar-refractivity contribution < 1.29 is 4.79 Å². The number of hydrogen-bond donors (Lipinski definition) is 2. The summed E-state index contributed by atoms with van der Waals surface area (Å²) in [6.07, 6.45) is 4.01. The number of carbonyl (C=O) groups excluding carboxylic acids is 1. The first-order chi connectivity index (χ1) is 18.4. The quantitative estimate of drug-likeness (QED) is 0.472. The van der Waals surface area contributed by atoms with Crippen molar-refractivity contribution in [3.63, 3.8) is 0 Å². The number of amides is 1. The van der Waals surface area contributed by atoms with Crippen LogP contribution in [0.5, 0.6) is 0 Å². The van der Waals surface area contributed by atoms with Gasteiger partial charge >= 0.3 is 5.69 Å². The highest BCUT2D eigenvalue weighted by Crippen LogP contribution is 2.27. The lowest BCUT2D eigenvalue weighted by molar-refractivity contribution is -0.123. The van der Waals surface area contributed by atoms with Crippen molar-refractivity contribution >= 4 is 23.0 Å². The molecule has 11 heteroatoms. The van der Waals surface area contributed by atoms with Gasteiger partial charge in [-0.05, 0) is 50.3 Å². The molecule has 2 bridgehead atoms. The second-order valence-corrected chi connectivity index (χ2v) is 11.0. The van der Waals surface area contributed by atoms with E-state index in [9.17, 15) is 14.4 Å².